The predicted octanol–water partition coefficient (Wildman–Crippen LogP) is 4.53. The molecular formula is C14H20BrNO2. The molecule has 100 valence electrons. The molecule has 0 aliphatic carbocycles. The Bertz CT molecular complexity index is 407. The summed E-state index contributed by atoms with van der Waals surface area (Å²) in [6.07, 6.45) is 4.82. The van der Waals surface area contributed by atoms with Gasteiger partial charge in [-0.25, -0.2) is 4.79 Å². The summed E-state index contributed by atoms with van der Waals surface area (Å²) in [5, 5.41) is 12.3. The zero-order valence-electron chi connectivity index (χ0n) is 10.9. The maximum Gasteiger partial charge on any atom is 0.335 e. The van der Waals surface area contributed by atoms with E-state index in [9.17, 15) is 4.79 Å². The van der Waals surface area contributed by atoms with E-state index < -0.39 is 5.97 Å². The third-order valence-corrected chi connectivity index (χ3v) is 3.51. The summed E-state index contributed by atoms with van der Waals surface area (Å²) in [5.74, 6) is -0.904. The summed E-state index contributed by atoms with van der Waals surface area (Å²) in [5.41, 5.74) is 1.25. The van der Waals surface area contributed by atoms with Crippen molar-refractivity contribution in [1.29, 1.82) is 0 Å². The maximum atomic E-state index is 10.8. The number of unbranched alkanes of at least 4 members (excludes halogenated alkanes) is 2. The van der Waals surface area contributed by atoms with E-state index in [1.54, 1.807) is 12.1 Å². The molecule has 0 spiro atoms. The molecule has 0 amide bonds. The first kappa shape index (κ1) is 15.0. The van der Waals surface area contributed by atoms with Crippen molar-refractivity contribution in [3.05, 3.63) is 28.2 Å². The van der Waals surface area contributed by atoms with Gasteiger partial charge in [0.1, 0.15) is 0 Å². The van der Waals surface area contributed by atoms with Crippen molar-refractivity contribution in [2.24, 2.45) is 0 Å². The standard InChI is InChI=1S/C14H20BrNO2/c1-3-4-5-6-10(2)16-13-8-7-11(14(17)18)9-12(13)15/h7-10,16H,3-6H2,1-2H3,(H,17,18). The van der Waals surface area contributed by atoms with Gasteiger partial charge in [0.2, 0.25) is 0 Å². The van der Waals surface area contributed by atoms with Gasteiger partial charge in [0.25, 0.3) is 0 Å². The van der Waals surface area contributed by atoms with Gasteiger partial charge in [-0.3, -0.25) is 0 Å². The molecule has 0 aliphatic rings. The summed E-state index contributed by atoms with van der Waals surface area (Å²) in [7, 11) is 0. The molecule has 0 aliphatic heterocycles. The fraction of sp³-hybridized carbons (Fsp3) is 0.500. The van der Waals surface area contributed by atoms with Gasteiger partial charge in [-0.15, -0.1) is 0 Å². The molecule has 2 N–H and O–H groups in total. The Balaban J connectivity index is 2.59. The third kappa shape index (κ3) is 4.69. The molecule has 1 aromatic carbocycles. The minimum Gasteiger partial charge on any atom is -0.478 e. The Hall–Kier alpha value is -1.03. The van der Waals surface area contributed by atoms with Crippen molar-refractivity contribution in [2.45, 2.75) is 45.6 Å². The maximum absolute atomic E-state index is 10.8. The Morgan fingerprint density at radius 3 is 2.72 bits per heavy atom. The van der Waals surface area contributed by atoms with Crippen LogP contribution in [0, 0.1) is 0 Å². The number of anilines is 1. The average molecular weight is 314 g/mol. The first-order valence-corrected chi connectivity index (χ1v) is 7.13. The number of hydrogen-bond donors (Lipinski definition) is 2. The molecule has 3 nitrogen and oxygen atoms in total. The predicted molar refractivity (Wildman–Crippen MR) is 78.3 cm³/mol. The Morgan fingerprint density at radius 2 is 2.17 bits per heavy atom. The van der Waals surface area contributed by atoms with Gasteiger partial charge in [0, 0.05) is 16.2 Å². The lowest BCUT2D eigenvalue weighted by molar-refractivity contribution is 0.0697. The lowest BCUT2D eigenvalue weighted by Crippen LogP contribution is -2.15. The minimum atomic E-state index is -0.904. The molecule has 1 unspecified atom stereocenters. The van der Waals surface area contributed by atoms with Gasteiger partial charge in [0.05, 0.1) is 5.56 Å². The van der Waals surface area contributed by atoms with Crippen molar-refractivity contribution >= 4 is 27.6 Å². The Kier molecular flexibility index (Phi) is 6.19. The zero-order chi connectivity index (χ0) is 13.5. The highest BCUT2D eigenvalue weighted by molar-refractivity contribution is 9.10. The van der Waals surface area contributed by atoms with Gasteiger partial charge in [-0.05, 0) is 47.5 Å². The second kappa shape index (κ2) is 7.41. The van der Waals surface area contributed by atoms with Crippen LogP contribution in [-0.2, 0) is 0 Å². The van der Waals surface area contributed by atoms with Crippen molar-refractivity contribution in [3.63, 3.8) is 0 Å². The highest BCUT2D eigenvalue weighted by atomic mass is 79.9. The van der Waals surface area contributed by atoms with Gasteiger partial charge >= 0.3 is 5.97 Å². The second-order valence-electron chi connectivity index (χ2n) is 4.54. The summed E-state index contributed by atoms with van der Waals surface area (Å²) in [4.78, 5) is 10.8. The van der Waals surface area contributed by atoms with Crippen LogP contribution in [-0.4, -0.2) is 17.1 Å². The lowest BCUT2D eigenvalue weighted by Gasteiger charge is -2.16. The van der Waals surface area contributed by atoms with E-state index in [4.69, 9.17) is 5.11 Å². The van der Waals surface area contributed by atoms with E-state index in [1.165, 1.54) is 19.3 Å². The van der Waals surface area contributed by atoms with E-state index in [0.717, 1.165) is 16.6 Å². The smallest absolute Gasteiger partial charge is 0.335 e. The fourth-order valence-corrected chi connectivity index (χ4v) is 2.30. The molecule has 1 rings (SSSR count). The van der Waals surface area contributed by atoms with Gasteiger partial charge < -0.3 is 10.4 Å². The zero-order valence-corrected chi connectivity index (χ0v) is 12.5. The second-order valence-corrected chi connectivity index (χ2v) is 5.40. The summed E-state index contributed by atoms with van der Waals surface area (Å²) in [6.45, 7) is 4.34. The number of benzene rings is 1. The van der Waals surface area contributed by atoms with E-state index >= 15 is 0 Å². The number of aromatic carboxylic acids is 1. The normalized spacial score (nSPS) is 12.2. The summed E-state index contributed by atoms with van der Waals surface area (Å²) >= 11 is 3.40. The van der Waals surface area contributed by atoms with E-state index in [0.29, 0.717) is 11.6 Å². The van der Waals surface area contributed by atoms with Crippen LogP contribution in [0.2, 0.25) is 0 Å². The fourth-order valence-electron chi connectivity index (χ4n) is 1.80. The molecular weight excluding hydrogens is 294 g/mol. The molecule has 18 heavy (non-hydrogen) atoms. The largest absolute Gasteiger partial charge is 0.478 e. The van der Waals surface area contributed by atoms with E-state index in [1.807, 2.05) is 6.07 Å². The van der Waals surface area contributed by atoms with Crippen LogP contribution in [0.1, 0.15) is 49.9 Å². The minimum absolute atomic E-state index is 0.297. The van der Waals surface area contributed by atoms with Crippen LogP contribution in [0.4, 0.5) is 5.69 Å². The van der Waals surface area contributed by atoms with Crippen LogP contribution >= 0.6 is 15.9 Å². The highest BCUT2D eigenvalue weighted by Gasteiger charge is 2.08. The average Bonchev–Trinajstić information content (AvgIpc) is 2.32. The molecule has 1 aromatic rings. The van der Waals surface area contributed by atoms with Gasteiger partial charge in [0.15, 0.2) is 0 Å². The number of carbonyl (C=O) groups is 1. The molecule has 0 heterocycles. The SMILES string of the molecule is CCCCCC(C)Nc1ccc(C(=O)O)cc1Br. The number of carboxylic acid groups (broad SMARTS) is 1. The number of hydrogen-bond acceptors (Lipinski definition) is 2. The van der Waals surface area contributed by atoms with Crippen LogP contribution in [0.5, 0.6) is 0 Å². The van der Waals surface area contributed by atoms with Crippen LogP contribution in [0.15, 0.2) is 22.7 Å². The van der Waals surface area contributed by atoms with E-state index in [-0.39, 0.29) is 0 Å². The highest BCUT2D eigenvalue weighted by Crippen LogP contribution is 2.25. The molecule has 0 radical (unpaired) electrons. The Labute approximate surface area is 117 Å². The first-order chi connectivity index (χ1) is 8.54. The molecule has 0 saturated heterocycles. The quantitative estimate of drug-likeness (QED) is 0.727. The van der Waals surface area contributed by atoms with Crippen molar-refractivity contribution < 1.29 is 9.90 Å². The van der Waals surface area contributed by atoms with Crippen molar-refractivity contribution in [2.75, 3.05) is 5.32 Å². The van der Waals surface area contributed by atoms with Crippen molar-refractivity contribution in [1.82, 2.24) is 0 Å². The number of rotatable bonds is 7. The molecule has 1 atom stereocenters. The molecule has 4 heteroatoms. The number of halogens is 1. The molecule has 0 fully saturated rings. The van der Waals surface area contributed by atoms with Gasteiger partial charge in [-0.2, -0.15) is 0 Å². The summed E-state index contributed by atoms with van der Waals surface area (Å²) < 4.78 is 0.796. The Morgan fingerprint density at radius 1 is 1.44 bits per heavy atom. The summed E-state index contributed by atoms with van der Waals surface area (Å²) in [6, 6.07) is 5.45. The molecule has 0 aromatic heterocycles. The first-order valence-electron chi connectivity index (χ1n) is 6.34. The molecule has 0 bridgehead atoms. The monoisotopic (exact) mass is 313 g/mol. The molecule has 0 saturated carbocycles. The topological polar surface area (TPSA) is 49.3 Å². The lowest BCUT2D eigenvalue weighted by atomic mass is 10.1. The van der Waals surface area contributed by atoms with Crippen molar-refractivity contribution in [3.8, 4) is 0 Å². The van der Waals surface area contributed by atoms with Crippen LogP contribution in [0.3, 0.4) is 0 Å². The van der Waals surface area contributed by atoms with Gasteiger partial charge in [-0.1, -0.05) is 26.2 Å². The third-order valence-electron chi connectivity index (χ3n) is 2.86. The number of carboxylic acids is 1. The van der Waals surface area contributed by atoms with Crippen LogP contribution in [0.25, 0.3) is 0 Å². The van der Waals surface area contributed by atoms with Crippen LogP contribution < -0.4 is 5.32 Å². The van der Waals surface area contributed by atoms with E-state index in [2.05, 4.69) is 35.1 Å². The number of nitrogens with one attached hydrogen (secondary N) is 1.